The molecule has 0 spiro atoms. The normalized spacial score (nSPS) is 10.1. The van der Waals surface area contributed by atoms with Gasteiger partial charge in [-0.15, -0.1) is 0 Å². The molecule has 0 atom stereocenters. The van der Waals surface area contributed by atoms with E-state index in [4.69, 9.17) is 0 Å². The summed E-state index contributed by atoms with van der Waals surface area (Å²) < 4.78 is 0. The van der Waals surface area contributed by atoms with Crippen LogP contribution in [0.25, 0.3) is 0 Å². The second kappa shape index (κ2) is 6.03. The van der Waals surface area contributed by atoms with Crippen molar-refractivity contribution in [3.63, 3.8) is 0 Å². The highest BCUT2D eigenvalue weighted by Crippen LogP contribution is 2.10. The molecule has 0 aliphatic rings. The highest BCUT2D eigenvalue weighted by molar-refractivity contribution is 5.49. The van der Waals surface area contributed by atoms with Gasteiger partial charge in [0.25, 0.3) is 0 Å². The van der Waals surface area contributed by atoms with Crippen LogP contribution in [0.3, 0.4) is 0 Å². The molecule has 0 aliphatic heterocycles. The summed E-state index contributed by atoms with van der Waals surface area (Å²) in [6.07, 6.45) is 0.677. The Hall–Kier alpha value is -1.55. The summed E-state index contributed by atoms with van der Waals surface area (Å²) in [5.74, 6) is 0. The maximum Gasteiger partial charge on any atom is 0.208 e. The monoisotopic (exact) mass is 207 g/mol. The van der Waals surface area contributed by atoms with Crippen LogP contribution in [0.1, 0.15) is 5.56 Å². The first-order chi connectivity index (χ1) is 7.22. The quantitative estimate of drug-likeness (QED) is 0.413. The molecular formula is C11H17N3O. The average Bonchev–Trinajstić information content (AvgIpc) is 2.18. The summed E-state index contributed by atoms with van der Waals surface area (Å²) >= 11 is 0. The minimum atomic E-state index is 0.453. The number of hydrogen-bond acceptors (Lipinski definition) is 3. The van der Waals surface area contributed by atoms with Crippen LogP contribution < -0.4 is 10.6 Å². The molecule has 0 aliphatic carbocycles. The molecule has 0 unspecified atom stereocenters. The summed E-state index contributed by atoms with van der Waals surface area (Å²) in [6, 6.07) is 8.14. The Morgan fingerprint density at radius 3 is 2.87 bits per heavy atom. The lowest BCUT2D eigenvalue weighted by atomic mass is 10.2. The lowest BCUT2D eigenvalue weighted by Crippen LogP contribution is -2.20. The van der Waals surface area contributed by atoms with Crippen LogP contribution in [0, 0.1) is 0 Å². The molecular weight excluding hydrogens is 190 g/mol. The van der Waals surface area contributed by atoms with Gasteiger partial charge in [0.2, 0.25) is 6.41 Å². The molecule has 4 heteroatoms. The third kappa shape index (κ3) is 4.46. The van der Waals surface area contributed by atoms with Crippen molar-refractivity contribution < 1.29 is 4.79 Å². The van der Waals surface area contributed by atoms with Crippen molar-refractivity contribution >= 4 is 12.1 Å². The largest absolute Gasteiger partial charge is 0.368 e. The van der Waals surface area contributed by atoms with E-state index in [9.17, 15) is 4.79 Å². The summed E-state index contributed by atoms with van der Waals surface area (Å²) in [4.78, 5) is 12.2. The number of rotatable bonds is 6. The molecule has 2 N–H and O–H groups in total. The summed E-state index contributed by atoms with van der Waals surface area (Å²) in [7, 11) is 4.07. The van der Waals surface area contributed by atoms with Gasteiger partial charge in [0.15, 0.2) is 0 Å². The molecule has 0 saturated carbocycles. The number of carbonyl (C=O) groups excluding carboxylic acids is 1. The van der Waals surface area contributed by atoms with Crippen molar-refractivity contribution in [3.8, 4) is 0 Å². The molecule has 0 bridgehead atoms. The fourth-order valence-corrected chi connectivity index (χ4v) is 1.34. The van der Waals surface area contributed by atoms with E-state index in [1.807, 2.05) is 26.2 Å². The van der Waals surface area contributed by atoms with Gasteiger partial charge in [-0.3, -0.25) is 4.79 Å². The molecule has 1 rings (SSSR count). The van der Waals surface area contributed by atoms with E-state index in [2.05, 4.69) is 27.7 Å². The van der Waals surface area contributed by atoms with E-state index in [1.165, 1.54) is 5.56 Å². The van der Waals surface area contributed by atoms with Crippen molar-refractivity contribution in [1.29, 1.82) is 0 Å². The van der Waals surface area contributed by atoms with Crippen LogP contribution in [0.4, 0.5) is 5.69 Å². The molecule has 0 heterocycles. The number of benzene rings is 1. The number of nitrogens with zero attached hydrogens (tertiary/aromatic N) is 1. The lowest BCUT2D eigenvalue weighted by molar-refractivity contribution is -0.109. The van der Waals surface area contributed by atoms with Gasteiger partial charge in [-0.2, -0.15) is 0 Å². The molecule has 82 valence electrons. The fraction of sp³-hybridized carbons (Fsp3) is 0.364. The van der Waals surface area contributed by atoms with Crippen molar-refractivity contribution in [2.45, 2.75) is 6.54 Å². The smallest absolute Gasteiger partial charge is 0.208 e. The van der Waals surface area contributed by atoms with E-state index in [-0.39, 0.29) is 0 Å². The third-order valence-corrected chi connectivity index (χ3v) is 1.90. The fourth-order valence-electron chi connectivity index (χ4n) is 1.34. The Bertz CT molecular complexity index is 312. The molecule has 0 aromatic heterocycles. The second-order valence-electron chi connectivity index (χ2n) is 3.61. The number of amides is 1. The molecule has 0 radical (unpaired) electrons. The summed E-state index contributed by atoms with van der Waals surface area (Å²) in [5.41, 5.74) is 2.26. The molecule has 0 fully saturated rings. The topological polar surface area (TPSA) is 44.4 Å². The maximum absolute atomic E-state index is 10.0. The van der Waals surface area contributed by atoms with Gasteiger partial charge < -0.3 is 15.5 Å². The Morgan fingerprint density at radius 2 is 2.20 bits per heavy atom. The van der Waals surface area contributed by atoms with Crippen LogP contribution in [0.15, 0.2) is 24.3 Å². The zero-order valence-electron chi connectivity index (χ0n) is 9.16. The first kappa shape index (κ1) is 11.5. The Balaban J connectivity index is 2.53. The van der Waals surface area contributed by atoms with E-state index in [1.54, 1.807) is 0 Å². The summed E-state index contributed by atoms with van der Waals surface area (Å²) in [6.45, 7) is 1.37. The molecule has 0 saturated heterocycles. The molecule has 4 nitrogen and oxygen atoms in total. The van der Waals surface area contributed by atoms with Crippen LogP contribution in [-0.4, -0.2) is 32.1 Å². The number of carbonyl (C=O) groups is 1. The highest BCUT2D eigenvalue weighted by Gasteiger charge is 1.96. The van der Waals surface area contributed by atoms with Gasteiger partial charge in [-0.05, 0) is 31.8 Å². The van der Waals surface area contributed by atoms with Gasteiger partial charge >= 0.3 is 0 Å². The summed E-state index contributed by atoms with van der Waals surface area (Å²) in [5, 5.41) is 5.65. The second-order valence-corrected chi connectivity index (χ2v) is 3.61. The van der Waals surface area contributed by atoms with Gasteiger partial charge in [0.1, 0.15) is 0 Å². The number of nitrogens with one attached hydrogen (secondary N) is 2. The van der Waals surface area contributed by atoms with E-state index >= 15 is 0 Å². The predicted molar refractivity (Wildman–Crippen MR) is 61.5 cm³/mol. The Morgan fingerprint density at radius 1 is 1.40 bits per heavy atom. The standard InChI is InChI=1S/C11H17N3O/c1-14(2)7-10-4-3-5-11(6-10)13-8-12-9-15/h3-6,9,13H,7-8H2,1-2H3,(H,12,15). The SMILES string of the molecule is CN(C)Cc1cccc(NCNC=O)c1. The van der Waals surface area contributed by atoms with E-state index in [0.717, 1.165) is 12.2 Å². The number of hydrogen-bond donors (Lipinski definition) is 2. The zero-order valence-corrected chi connectivity index (χ0v) is 9.16. The van der Waals surface area contributed by atoms with Gasteiger partial charge in [0.05, 0.1) is 6.67 Å². The van der Waals surface area contributed by atoms with Gasteiger partial charge in [-0.1, -0.05) is 12.1 Å². The van der Waals surface area contributed by atoms with Gasteiger partial charge in [0, 0.05) is 12.2 Å². The Kier molecular flexibility index (Phi) is 4.63. The minimum Gasteiger partial charge on any atom is -0.368 e. The van der Waals surface area contributed by atoms with Crippen LogP contribution >= 0.6 is 0 Å². The van der Waals surface area contributed by atoms with E-state index in [0.29, 0.717) is 13.1 Å². The highest BCUT2D eigenvalue weighted by atomic mass is 16.1. The molecule has 1 aromatic carbocycles. The average molecular weight is 207 g/mol. The van der Waals surface area contributed by atoms with E-state index < -0.39 is 0 Å². The predicted octanol–water partition coefficient (Wildman–Crippen LogP) is 0.864. The third-order valence-electron chi connectivity index (χ3n) is 1.90. The molecule has 1 aromatic rings. The van der Waals surface area contributed by atoms with Crippen LogP contribution in [0.2, 0.25) is 0 Å². The number of anilines is 1. The van der Waals surface area contributed by atoms with Gasteiger partial charge in [-0.25, -0.2) is 0 Å². The van der Waals surface area contributed by atoms with Crippen molar-refractivity contribution in [2.75, 3.05) is 26.1 Å². The molecule has 1 amide bonds. The van der Waals surface area contributed by atoms with Crippen LogP contribution in [0.5, 0.6) is 0 Å². The van der Waals surface area contributed by atoms with Crippen molar-refractivity contribution in [3.05, 3.63) is 29.8 Å². The molecule has 15 heavy (non-hydrogen) atoms. The van der Waals surface area contributed by atoms with Crippen molar-refractivity contribution in [2.24, 2.45) is 0 Å². The van der Waals surface area contributed by atoms with Crippen LogP contribution in [-0.2, 0) is 11.3 Å². The lowest BCUT2D eigenvalue weighted by Gasteiger charge is -2.11. The van der Waals surface area contributed by atoms with Crippen molar-refractivity contribution in [1.82, 2.24) is 10.2 Å². The first-order valence-electron chi connectivity index (χ1n) is 4.87. The Labute approximate surface area is 90.3 Å². The maximum atomic E-state index is 10.0. The minimum absolute atomic E-state index is 0.453. The zero-order chi connectivity index (χ0) is 11.1. The first-order valence-corrected chi connectivity index (χ1v) is 4.87.